The molecule has 0 spiro atoms. The molecule has 1 amide bonds. The molecule has 0 aromatic heterocycles. The number of nitro benzene ring substituents is 1. The molecule has 0 radical (unpaired) electrons. The van der Waals surface area contributed by atoms with Crippen molar-refractivity contribution in [1.82, 2.24) is 0 Å². The lowest BCUT2D eigenvalue weighted by Gasteiger charge is -2.00. The maximum atomic E-state index is 12.8. The third-order valence-corrected chi connectivity index (χ3v) is 1.43. The van der Waals surface area contributed by atoms with E-state index in [4.69, 9.17) is 0 Å². The summed E-state index contributed by atoms with van der Waals surface area (Å²) < 4.78 is 25.7. The number of carbonyl (C=O) groups excluding carboxylic acids is 1. The Morgan fingerprint density at radius 3 is 2.21 bits per heavy atom. The van der Waals surface area contributed by atoms with Crippen LogP contribution in [-0.4, -0.2) is 11.3 Å². The van der Waals surface area contributed by atoms with Gasteiger partial charge in [-0.25, -0.2) is 0 Å². The van der Waals surface area contributed by atoms with Crippen LogP contribution in [0.3, 0.4) is 0 Å². The first-order valence-corrected chi connectivity index (χ1v) is 3.40. The predicted molar refractivity (Wildman–Crippen MR) is 42.7 cm³/mol. The van der Waals surface area contributed by atoms with Crippen LogP contribution in [0.2, 0.25) is 0 Å². The molecule has 0 unspecified atom stereocenters. The number of nitrogens with one attached hydrogen (secondary N) is 1. The minimum absolute atomic E-state index is 0.180. The lowest BCUT2D eigenvalue weighted by atomic mass is 10.2. The zero-order valence-electron chi connectivity index (χ0n) is 6.66. The Hall–Kier alpha value is -2.05. The minimum Gasteiger partial charge on any atom is -0.328 e. The monoisotopic (exact) mass is 202 g/mol. The van der Waals surface area contributed by atoms with Gasteiger partial charge in [0.05, 0.1) is 4.92 Å². The number of rotatable bonds is 3. The number of amides is 1. The molecule has 0 bridgehead atoms. The Morgan fingerprint density at radius 2 is 1.86 bits per heavy atom. The smallest absolute Gasteiger partial charge is 0.328 e. The standard InChI is InChI=1S/C7H4F2N2O3/c8-5-1-4(10-3-12)2-6(9)7(5)11(13)14/h1-3H,(H,10,12). The van der Waals surface area contributed by atoms with Crippen molar-refractivity contribution in [2.75, 3.05) is 5.32 Å². The Kier molecular flexibility index (Phi) is 2.70. The van der Waals surface area contributed by atoms with Gasteiger partial charge in [-0.3, -0.25) is 14.9 Å². The summed E-state index contributed by atoms with van der Waals surface area (Å²) in [5, 5.41) is 12.1. The van der Waals surface area contributed by atoms with Gasteiger partial charge in [-0.1, -0.05) is 0 Å². The van der Waals surface area contributed by atoms with Crippen LogP contribution in [0.1, 0.15) is 0 Å². The SMILES string of the molecule is O=CNc1cc(F)c([N+](=O)[O-])c(F)c1. The van der Waals surface area contributed by atoms with Crippen molar-refractivity contribution in [2.24, 2.45) is 0 Å². The zero-order valence-corrected chi connectivity index (χ0v) is 6.66. The van der Waals surface area contributed by atoms with Gasteiger partial charge >= 0.3 is 5.69 Å². The normalized spacial score (nSPS) is 9.57. The first kappa shape index (κ1) is 10.0. The second-order valence-corrected chi connectivity index (χ2v) is 2.31. The molecule has 0 fully saturated rings. The van der Waals surface area contributed by atoms with Crippen LogP contribution in [-0.2, 0) is 4.79 Å². The highest BCUT2D eigenvalue weighted by molar-refractivity contribution is 5.71. The molecule has 0 aliphatic heterocycles. The summed E-state index contributed by atoms with van der Waals surface area (Å²) in [5.41, 5.74) is -1.41. The molecule has 1 aromatic rings. The zero-order chi connectivity index (χ0) is 10.7. The van der Waals surface area contributed by atoms with Crippen molar-refractivity contribution in [3.05, 3.63) is 33.9 Å². The van der Waals surface area contributed by atoms with Crippen molar-refractivity contribution in [3.63, 3.8) is 0 Å². The van der Waals surface area contributed by atoms with Crippen LogP contribution in [0.25, 0.3) is 0 Å². The molecule has 74 valence electrons. The van der Waals surface area contributed by atoms with Crippen molar-refractivity contribution < 1.29 is 18.5 Å². The van der Waals surface area contributed by atoms with E-state index in [2.05, 4.69) is 0 Å². The van der Waals surface area contributed by atoms with E-state index in [1.165, 1.54) is 0 Å². The van der Waals surface area contributed by atoms with Crippen molar-refractivity contribution >= 4 is 17.8 Å². The highest BCUT2D eigenvalue weighted by Gasteiger charge is 2.21. The van der Waals surface area contributed by atoms with E-state index in [0.717, 1.165) is 0 Å². The number of nitro groups is 1. The number of carbonyl (C=O) groups is 1. The summed E-state index contributed by atoms with van der Waals surface area (Å²) >= 11 is 0. The van der Waals surface area contributed by atoms with Gasteiger partial charge in [-0.05, 0) is 0 Å². The second-order valence-electron chi connectivity index (χ2n) is 2.31. The van der Waals surface area contributed by atoms with Gasteiger partial charge in [0.1, 0.15) is 0 Å². The van der Waals surface area contributed by atoms with Crippen LogP contribution >= 0.6 is 0 Å². The molecule has 0 heterocycles. The van der Waals surface area contributed by atoms with Crippen LogP contribution in [0.4, 0.5) is 20.2 Å². The number of halogens is 2. The van der Waals surface area contributed by atoms with E-state index in [1.54, 1.807) is 0 Å². The third kappa shape index (κ3) is 1.82. The van der Waals surface area contributed by atoms with Crippen LogP contribution in [0, 0.1) is 21.7 Å². The van der Waals surface area contributed by atoms with E-state index in [9.17, 15) is 23.7 Å². The first-order chi connectivity index (χ1) is 6.56. The van der Waals surface area contributed by atoms with Gasteiger partial charge in [-0.15, -0.1) is 0 Å². The van der Waals surface area contributed by atoms with Gasteiger partial charge < -0.3 is 5.32 Å². The molecule has 0 aliphatic rings. The molecule has 1 aromatic carbocycles. The topological polar surface area (TPSA) is 72.2 Å². The number of hydrogen-bond donors (Lipinski definition) is 1. The number of hydrogen-bond acceptors (Lipinski definition) is 3. The fraction of sp³-hybridized carbons (Fsp3) is 0. The highest BCUT2D eigenvalue weighted by atomic mass is 19.1. The quantitative estimate of drug-likeness (QED) is 0.458. The predicted octanol–water partition coefficient (Wildman–Crippen LogP) is 1.44. The number of benzene rings is 1. The van der Waals surface area contributed by atoms with E-state index in [0.29, 0.717) is 12.1 Å². The van der Waals surface area contributed by atoms with Gasteiger partial charge in [0.25, 0.3) is 0 Å². The number of nitrogens with zero attached hydrogens (tertiary/aromatic N) is 1. The maximum Gasteiger partial charge on any atom is 0.340 e. The Bertz CT molecular complexity index is 372. The van der Waals surface area contributed by atoms with Crippen molar-refractivity contribution in [1.29, 1.82) is 0 Å². The van der Waals surface area contributed by atoms with E-state index in [1.807, 2.05) is 5.32 Å². The third-order valence-electron chi connectivity index (χ3n) is 1.43. The minimum atomic E-state index is -1.33. The lowest BCUT2D eigenvalue weighted by molar-refractivity contribution is -0.390. The highest BCUT2D eigenvalue weighted by Crippen LogP contribution is 2.24. The Balaban J connectivity index is 3.24. The maximum absolute atomic E-state index is 12.8. The van der Waals surface area contributed by atoms with Crippen LogP contribution in [0.15, 0.2) is 12.1 Å². The van der Waals surface area contributed by atoms with E-state index in [-0.39, 0.29) is 12.1 Å². The van der Waals surface area contributed by atoms with Gasteiger partial charge in [0.2, 0.25) is 18.0 Å². The summed E-state index contributed by atoms with van der Waals surface area (Å²) in [6.45, 7) is 0. The summed E-state index contributed by atoms with van der Waals surface area (Å²) in [6.07, 6.45) is 0.208. The Morgan fingerprint density at radius 1 is 1.36 bits per heavy atom. The largest absolute Gasteiger partial charge is 0.340 e. The average Bonchev–Trinajstić information content (AvgIpc) is 2.01. The average molecular weight is 202 g/mol. The van der Waals surface area contributed by atoms with Crippen molar-refractivity contribution in [3.8, 4) is 0 Å². The van der Waals surface area contributed by atoms with E-state index < -0.39 is 22.2 Å². The lowest BCUT2D eigenvalue weighted by Crippen LogP contribution is -2.00. The molecule has 7 heteroatoms. The van der Waals surface area contributed by atoms with Crippen LogP contribution < -0.4 is 5.32 Å². The molecule has 0 saturated carbocycles. The molecule has 14 heavy (non-hydrogen) atoms. The van der Waals surface area contributed by atoms with Crippen LogP contribution in [0.5, 0.6) is 0 Å². The molecule has 0 aliphatic carbocycles. The number of anilines is 1. The summed E-state index contributed by atoms with van der Waals surface area (Å²) in [5.74, 6) is -2.67. The first-order valence-electron chi connectivity index (χ1n) is 3.40. The van der Waals surface area contributed by atoms with Gasteiger partial charge in [0, 0.05) is 17.8 Å². The van der Waals surface area contributed by atoms with E-state index >= 15 is 0 Å². The van der Waals surface area contributed by atoms with Gasteiger partial charge in [0.15, 0.2) is 0 Å². The molecule has 0 atom stereocenters. The molecule has 1 rings (SSSR count). The van der Waals surface area contributed by atoms with Gasteiger partial charge in [-0.2, -0.15) is 8.78 Å². The molecule has 1 N–H and O–H groups in total. The molecular formula is C7H4F2N2O3. The summed E-state index contributed by atoms with van der Waals surface area (Å²) in [4.78, 5) is 18.9. The summed E-state index contributed by atoms with van der Waals surface area (Å²) in [7, 11) is 0. The Labute approximate surface area is 76.5 Å². The molecule has 0 saturated heterocycles. The molecular weight excluding hydrogens is 198 g/mol. The fourth-order valence-electron chi connectivity index (χ4n) is 0.891. The fourth-order valence-corrected chi connectivity index (χ4v) is 0.891. The second kappa shape index (κ2) is 3.77. The molecule has 5 nitrogen and oxygen atoms in total. The summed E-state index contributed by atoms with van der Waals surface area (Å²) in [6, 6.07) is 1.32. The van der Waals surface area contributed by atoms with Crippen molar-refractivity contribution in [2.45, 2.75) is 0 Å².